The monoisotopic (exact) mass is 1880 g/mol. The van der Waals surface area contributed by atoms with E-state index in [1.54, 1.807) is 198 Å². The molecule has 2 N–H and O–H groups in total. The van der Waals surface area contributed by atoms with Crippen molar-refractivity contribution in [3.05, 3.63) is 484 Å². The fourth-order valence-electron chi connectivity index (χ4n) is 18.4. The first-order valence-corrected chi connectivity index (χ1v) is 45.4. The molecule has 26 rings (SSSR count). The minimum Gasteiger partial charge on any atom is -0.357 e. The summed E-state index contributed by atoms with van der Waals surface area (Å²) in [4.78, 5) is 154. The van der Waals surface area contributed by atoms with Gasteiger partial charge in [-0.1, -0.05) is 0 Å². The van der Waals surface area contributed by atoms with Gasteiger partial charge < -0.3 is 39.9 Å². The third-order valence-electron chi connectivity index (χ3n) is 24.6. The molecule has 32 nitrogen and oxygen atoms in total. The molecule has 22 aromatic heterocycles. The molecule has 0 spiro atoms. The zero-order chi connectivity index (χ0) is 95.6. The summed E-state index contributed by atoms with van der Waals surface area (Å²) in [6.45, 7) is 0. The fraction of sp³-hybridized carbons (Fsp3) is 0. The second-order valence-corrected chi connectivity index (χ2v) is 32.9. The van der Waals surface area contributed by atoms with Crippen LogP contribution in [0.2, 0.25) is 0 Å². The van der Waals surface area contributed by atoms with Gasteiger partial charge in [0.25, 0.3) is 0 Å². The van der Waals surface area contributed by atoms with Crippen LogP contribution < -0.4 is 9.97 Å². The van der Waals surface area contributed by atoms with E-state index in [4.69, 9.17) is 69.8 Å². The Hall–Kier alpha value is -20.2. The maximum atomic E-state index is 5.55. The predicted octanol–water partition coefficient (Wildman–Crippen LogP) is 18.4. The summed E-state index contributed by atoms with van der Waals surface area (Å²) in [5.41, 5.74) is 27.9. The molecule has 26 heterocycles. The SMILES string of the molecule is [Mg+2].c1cc(C2=C(c3ccncc3)c3nc2nc2[n-]c(nc4nc(nc5[n-]c(n3)c(-c3ccncc3)c5-c3ccncc3)C(c3ccncc3)=C4c3ccncc3)c(-c3ccncc3)c2-c2ccncc2)ccn1.c1cc(C2=C(c3ccncc3)c3nc2nc2[nH]c(nc4nc(nc5[nH]c(n3)c(-c3ccncc3)c5-c3ccncc3)C(c3ccncc3)=C4c3ccncc3)c(-c3ccncc3)c2-c2ccncc2)ccn1. The van der Waals surface area contributed by atoms with Gasteiger partial charge >= 0.3 is 23.1 Å². The van der Waals surface area contributed by atoms with Crippen molar-refractivity contribution in [1.82, 2.24) is 159 Å². The molecule has 676 valence electrons. The first-order valence-electron chi connectivity index (χ1n) is 45.4. The summed E-state index contributed by atoms with van der Waals surface area (Å²) in [5.74, 6) is 2.97. The Balaban J connectivity index is 0.000000155. The van der Waals surface area contributed by atoms with Crippen LogP contribution in [-0.2, 0) is 0 Å². The van der Waals surface area contributed by atoms with Crippen molar-refractivity contribution in [2.24, 2.45) is 0 Å². The van der Waals surface area contributed by atoms with E-state index in [0.717, 1.165) is 134 Å². The third kappa shape index (κ3) is 16.7. The van der Waals surface area contributed by atoms with Crippen LogP contribution in [0.15, 0.2) is 392 Å². The molecule has 0 saturated carbocycles. The molecule has 145 heavy (non-hydrogen) atoms. The standard InChI is InChI=1S/C56H34N16.C56H32N16.Mg/c2*1-17-57-18-2-33(1)41-42(34-3-19-58-20-4-34)50-65-49(41)69-51-43(35-5-21-59-22-6-35)44(36-7-23-60-24-8-36)53(66-51)71-55-47(39-13-29-63-30-14-39)48(40-15-31-64-32-16-40)56(68-55)72-54-46(38-11-27-62-28-12-38)45(52(67-54)70-50)37-9-25-61-26-10-37;/h1-32H,(H2,65,66,67,68,69,70,71,72);1-32H;/q;-2;+2. The van der Waals surface area contributed by atoms with Crippen molar-refractivity contribution in [2.75, 3.05) is 0 Å². The molecule has 0 aromatic carbocycles. The Morgan fingerprint density at radius 3 is 0.366 bits per heavy atom. The van der Waals surface area contributed by atoms with E-state index in [1.165, 1.54) is 0 Å². The molecule has 4 aliphatic rings. The summed E-state index contributed by atoms with van der Waals surface area (Å²) >= 11 is 0. The van der Waals surface area contributed by atoms with Crippen molar-refractivity contribution < 1.29 is 0 Å². The number of rotatable bonds is 16. The van der Waals surface area contributed by atoms with Crippen molar-refractivity contribution in [1.29, 1.82) is 0 Å². The normalized spacial score (nSPS) is 12.2. The van der Waals surface area contributed by atoms with Crippen LogP contribution in [0.1, 0.15) is 91.1 Å². The quantitative estimate of drug-likeness (QED) is 0.0848. The number of hydrogen-bond acceptors (Lipinski definition) is 28. The minimum absolute atomic E-state index is 0. The van der Waals surface area contributed by atoms with E-state index in [9.17, 15) is 0 Å². The molecule has 0 saturated heterocycles. The topological polar surface area (TPSA) is 421 Å². The molecule has 0 fully saturated rings. The van der Waals surface area contributed by atoms with E-state index >= 15 is 0 Å². The van der Waals surface area contributed by atoms with Crippen LogP contribution >= 0.6 is 0 Å². The second kappa shape index (κ2) is 38.6. The van der Waals surface area contributed by atoms with E-state index in [-0.39, 0.29) is 23.1 Å². The van der Waals surface area contributed by atoms with Gasteiger partial charge in [0.1, 0.15) is 22.6 Å². The summed E-state index contributed by atoms with van der Waals surface area (Å²) in [6, 6.07) is 62.1. The second-order valence-electron chi connectivity index (χ2n) is 32.9. The van der Waals surface area contributed by atoms with Gasteiger partial charge in [0.05, 0.1) is 23.3 Å². The average Bonchev–Trinajstić information content (AvgIpc) is 1.58. The van der Waals surface area contributed by atoms with Crippen LogP contribution in [0.25, 0.3) is 179 Å². The molecule has 0 aliphatic carbocycles. The summed E-state index contributed by atoms with van der Waals surface area (Å²) in [6.07, 6.45) is 56.0. The van der Waals surface area contributed by atoms with Gasteiger partial charge in [-0.2, -0.15) is 0 Å². The molecule has 0 unspecified atom stereocenters. The van der Waals surface area contributed by atoms with Crippen LogP contribution in [0.5, 0.6) is 0 Å². The number of hydrogen-bond donors (Lipinski definition) is 2. The van der Waals surface area contributed by atoms with Gasteiger partial charge in [0.15, 0.2) is 23.3 Å². The number of nitrogens with one attached hydrogen (secondary N) is 2. The number of nitrogens with zero attached hydrogens (tertiary/aromatic N) is 30. The predicted molar refractivity (Wildman–Crippen MR) is 548 cm³/mol. The largest absolute Gasteiger partial charge is 2.00 e. The van der Waals surface area contributed by atoms with Gasteiger partial charge in [0.2, 0.25) is 0 Å². The zero-order valence-electron chi connectivity index (χ0n) is 76.1. The van der Waals surface area contributed by atoms with Crippen molar-refractivity contribution >= 4 is 113 Å². The van der Waals surface area contributed by atoms with E-state index in [0.29, 0.717) is 136 Å². The first-order chi connectivity index (χ1) is 71.5. The van der Waals surface area contributed by atoms with Gasteiger partial charge in [0, 0.05) is 310 Å². The van der Waals surface area contributed by atoms with E-state index < -0.39 is 0 Å². The molecule has 0 radical (unpaired) electrons. The zero-order valence-corrected chi connectivity index (χ0v) is 77.5. The Morgan fingerprint density at radius 1 is 0.124 bits per heavy atom. The molecule has 0 atom stereocenters. The number of H-pyrrole nitrogens is 2. The number of fused-ring (bicyclic) bond motifs is 16. The molecule has 4 aliphatic heterocycles. The number of aromatic amines is 2. The fourth-order valence-corrected chi connectivity index (χ4v) is 18.4. The van der Waals surface area contributed by atoms with Gasteiger partial charge in [-0.15, -0.1) is 0 Å². The van der Waals surface area contributed by atoms with E-state index in [2.05, 4.69) is 89.7 Å². The summed E-state index contributed by atoms with van der Waals surface area (Å²) < 4.78 is 0. The van der Waals surface area contributed by atoms with Crippen molar-refractivity contribution in [3.8, 4) is 89.0 Å². The van der Waals surface area contributed by atoms with Crippen molar-refractivity contribution in [2.45, 2.75) is 0 Å². The third-order valence-corrected chi connectivity index (χ3v) is 24.6. The Bertz CT molecular complexity index is 7580. The Labute approximate surface area is 839 Å². The van der Waals surface area contributed by atoms with Gasteiger partial charge in [-0.25, -0.2) is 39.9 Å². The molecule has 16 bridgehead atoms. The van der Waals surface area contributed by atoms with E-state index in [1.807, 2.05) is 194 Å². The molecule has 0 amide bonds. The Morgan fingerprint density at radius 2 is 0.234 bits per heavy atom. The Kier molecular flexibility index (Phi) is 23.3. The van der Waals surface area contributed by atoms with Crippen molar-refractivity contribution in [3.63, 3.8) is 0 Å². The molecule has 22 aromatic rings. The summed E-state index contributed by atoms with van der Waals surface area (Å²) in [5, 5.41) is 0. The number of pyridine rings is 16. The molecular weight excluding hydrogens is 1820 g/mol. The van der Waals surface area contributed by atoms with Crippen LogP contribution in [-0.4, -0.2) is 173 Å². The maximum absolute atomic E-state index is 5.55. The van der Waals surface area contributed by atoms with Gasteiger partial charge in [-0.05, 0) is 283 Å². The average molecular weight is 1880 g/mol. The number of aromatic nitrogens is 32. The summed E-state index contributed by atoms with van der Waals surface area (Å²) in [7, 11) is 0. The molecular formula is C112H66MgN32. The maximum Gasteiger partial charge on any atom is 2.00 e. The smallest absolute Gasteiger partial charge is 0.357 e. The first kappa shape index (κ1) is 87.6. The molecule has 33 heteroatoms. The van der Waals surface area contributed by atoms with Crippen LogP contribution in [0.3, 0.4) is 0 Å². The van der Waals surface area contributed by atoms with Crippen LogP contribution in [0, 0.1) is 0 Å². The van der Waals surface area contributed by atoms with Gasteiger partial charge in [-0.3, -0.25) is 79.7 Å². The minimum atomic E-state index is 0. The van der Waals surface area contributed by atoms with Crippen LogP contribution in [0.4, 0.5) is 0 Å².